The molecule has 0 spiro atoms. The Morgan fingerprint density at radius 2 is 2.16 bits per heavy atom. The van der Waals surface area contributed by atoms with E-state index >= 15 is 0 Å². The summed E-state index contributed by atoms with van der Waals surface area (Å²) in [6, 6.07) is 8.58. The van der Waals surface area contributed by atoms with Crippen LogP contribution in [0.1, 0.15) is 10.4 Å². The number of carbonyl (C=O) groups is 1. The zero-order valence-corrected chi connectivity index (χ0v) is 11.0. The molecular formula is C12H13ClN4O2. The number of nitrogen functional groups attached to an aromatic ring is 1. The van der Waals surface area contributed by atoms with Crippen molar-refractivity contribution in [1.82, 2.24) is 9.97 Å². The van der Waals surface area contributed by atoms with E-state index in [9.17, 15) is 4.79 Å². The minimum atomic E-state index is -0.388. The minimum absolute atomic E-state index is 0. The molecule has 0 radical (unpaired) electrons. The smallest absolute Gasteiger partial charge is 0.337 e. The van der Waals surface area contributed by atoms with E-state index in [0.29, 0.717) is 11.4 Å². The van der Waals surface area contributed by atoms with Crippen LogP contribution < -0.4 is 11.1 Å². The summed E-state index contributed by atoms with van der Waals surface area (Å²) < 4.78 is 4.65. The molecule has 2 rings (SSSR count). The maximum Gasteiger partial charge on any atom is 0.337 e. The number of nitrogens with two attached hydrogens (primary N) is 1. The number of benzene rings is 1. The van der Waals surface area contributed by atoms with E-state index in [0.717, 1.165) is 5.69 Å². The van der Waals surface area contributed by atoms with Gasteiger partial charge in [-0.1, -0.05) is 6.07 Å². The summed E-state index contributed by atoms with van der Waals surface area (Å²) in [4.78, 5) is 19.2. The third-order valence-corrected chi connectivity index (χ3v) is 2.23. The summed E-state index contributed by atoms with van der Waals surface area (Å²) >= 11 is 0. The highest BCUT2D eigenvalue weighted by Crippen LogP contribution is 2.16. The molecule has 1 aromatic heterocycles. The largest absolute Gasteiger partial charge is 0.465 e. The molecule has 6 nitrogen and oxygen atoms in total. The first-order valence-corrected chi connectivity index (χ1v) is 5.23. The van der Waals surface area contributed by atoms with Gasteiger partial charge in [-0.05, 0) is 24.3 Å². The highest BCUT2D eigenvalue weighted by Gasteiger charge is 2.05. The van der Waals surface area contributed by atoms with Crippen molar-refractivity contribution in [3.8, 4) is 0 Å². The van der Waals surface area contributed by atoms with Crippen LogP contribution in [-0.4, -0.2) is 23.0 Å². The molecule has 100 valence electrons. The van der Waals surface area contributed by atoms with Gasteiger partial charge in [0.2, 0.25) is 5.95 Å². The second-order valence-electron chi connectivity index (χ2n) is 3.50. The molecule has 19 heavy (non-hydrogen) atoms. The molecule has 0 bridgehead atoms. The number of nitrogens with one attached hydrogen (secondary N) is 1. The van der Waals surface area contributed by atoms with E-state index in [4.69, 9.17) is 5.73 Å². The highest BCUT2D eigenvalue weighted by atomic mass is 35.5. The molecule has 0 amide bonds. The van der Waals surface area contributed by atoms with E-state index in [2.05, 4.69) is 20.0 Å². The fourth-order valence-electron chi connectivity index (χ4n) is 1.43. The zero-order valence-electron chi connectivity index (χ0n) is 10.2. The van der Waals surface area contributed by atoms with Gasteiger partial charge in [-0.15, -0.1) is 12.4 Å². The lowest BCUT2D eigenvalue weighted by molar-refractivity contribution is 0.0601. The average molecular weight is 281 g/mol. The fraction of sp³-hybridized carbons (Fsp3) is 0.0833. The van der Waals surface area contributed by atoms with Gasteiger partial charge in [-0.3, -0.25) is 0 Å². The zero-order chi connectivity index (χ0) is 13.0. The first-order chi connectivity index (χ1) is 8.69. The molecule has 0 unspecified atom stereocenters. The summed E-state index contributed by atoms with van der Waals surface area (Å²) in [5.41, 5.74) is 6.66. The summed E-state index contributed by atoms with van der Waals surface area (Å²) in [6.45, 7) is 0. The van der Waals surface area contributed by atoms with E-state index in [1.807, 2.05) is 6.07 Å². The molecule has 0 fully saturated rings. The Morgan fingerprint density at radius 3 is 2.84 bits per heavy atom. The molecule has 1 heterocycles. The number of hydrogen-bond donors (Lipinski definition) is 2. The minimum Gasteiger partial charge on any atom is -0.465 e. The Labute approximate surface area is 116 Å². The van der Waals surface area contributed by atoms with Crippen molar-refractivity contribution >= 4 is 35.8 Å². The van der Waals surface area contributed by atoms with Gasteiger partial charge in [-0.25, -0.2) is 9.78 Å². The number of hydrogen-bond acceptors (Lipinski definition) is 6. The van der Waals surface area contributed by atoms with Crippen molar-refractivity contribution in [1.29, 1.82) is 0 Å². The van der Waals surface area contributed by atoms with E-state index in [1.54, 1.807) is 30.5 Å². The molecule has 0 saturated carbocycles. The van der Waals surface area contributed by atoms with Crippen molar-refractivity contribution in [2.24, 2.45) is 0 Å². The maximum atomic E-state index is 11.4. The second kappa shape index (κ2) is 6.55. The lowest BCUT2D eigenvalue weighted by Gasteiger charge is -2.07. The number of methoxy groups -OCH3 is 1. The molecule has 0 aliphatic heterocycles. The summed E-state index contributed by atoms with van der Waals surface area (Å²) in [5, 5.41) is 3.03. The summed E-state index contributed by atoms with van der Waals surface area (Å²) in [5.74, 6) is 0.356. The van der Waals surface area contributed by atoms with Gasteiger partial charge in [0.15, 0.2) is 0 Å². The molecular weight excluding hydrogens is 268 g/mol. The lowest BCUT2D eigenvalue weighted by Crippen LogP contribution is -2.03. The number of nitrogens with zero attached hydrogens (tertiary/aromatic N) is 2. The van der Waals surface area contributed by atoms with Crippen molar-refractivity contribution in [3.05, 3.63) is 42.1 Å². The number of ether oxygens (including phenoxy) is 1. The topological polar surface area (TPSA) is 90.1 Å². The number of carbonyl (C=O) groups excluding carboxylic acids is 1. The van der Waals surface area contributed by atoms with Crippen molar-refractivity contribution in [2.75, 3.05) is 18.2 Å². The van der Waals surface area contributed by atoms with Crippen LogP contribution in [0.3, 0.4) is 0 Å². The summed E-state index contributed by atoms with van der Waals surface area (Å²) in [7, 11) is 1.34. The van der Waals surface area contributed by atoms with Gasteiger partial charge < -0.3 is 15.8 Å². The van der Waals surface area contributed by atoms with Crippen LogP contribution in [0.2, 0.25) is 0 Å². The van der Waals surface area contributed by atoms with Crippen LogP contribution in [0.5, 0.6) is 0 Å². The molecule has 0 saturated heterocycles. The van der Waals surface area contributed by atoms with Gasteiger partial charge >= 0.3 is 5.97 Å². The van der Waals surface area contributed by atoms with Gasteiger partial charge in [0.25, 0.3) is 0 Å². The predicted molar refractivity (Wildman–Crippen MR) is 74.8 cm³/mol. The van der Waals surface area contributed by atoms with Crippen molar-refractivity contribution < 1.29 is 9.53 Å². The maximum absolute atomic E-state index is 11.4. The quantitative estimate of drug-likeness (QED) is 0.836. The molecule has 2 aromatic rings. The van der Waals surface area contributed by atoms with Crippen molar-refractivity contribution in [3.63, 3.8) is 0 Å². The van der Waals surface area contributed by atoms with Crippen LogP contribution in [-0.2, 0) is 4.74 Å². The number of esters is 1. The Hall–Kier alpha value is -2.34. The first-order valence-electron chi connectivity index (χ1n) is 5.23. The van der Waals surface area contributed by atoms with Crippen molar-refractivity contribution in [2.45, 2.75) is 0 Å². The molecule has 0 aliphatic rings. The second-order valence-corrected chi connectivity index (χ2v) is 3.50. The molecule has 0 atom stereocenters. The van der Waals surface area contributed by atoms with Gasteiger partial charge in [0.1, 0.15) is 5.82 Å². The molecule has 1 aromatic carbocycles. The SMILES string of the molecule is COC(=O)c1cccc(Nc2ccnc(N)n2)c1.Cl. The monoisotopic (exact) mass is 280 g/mol. The third-order valence-electron chi connectivity index (χ3n) is 2.23. The third kappa shape index (κ3) is 3.82. The molecule has 7 heteroatoms. The summed E-state index contributed by atoms with van der Waals surface area (Å²) in [6.07, 6.45) is 1.55. The number of halogens is 1. The van der Waals surface area contributed by atoms with Gasteiger partial charge in [-0.2, -0.15) is 4.98 Å². The Balaban J connectivity index is 0.00000180. The average Bonchev–Trinajstić information content (AvgIpc) is 2.38. The Bertz CT molecular complexity index is 577. The van der Waals surface area contributed by atoms with Gasteiger partial charge in [0, 0.05) is 11.9 Å². The normalized spacial score (nSPS) is 9.32. The Morgan fingerprint density at radius 1 is 1.37 bits per heavy atom. The number of rotatable bonds is 3. The standard InChI is InChI=1S/C12H12N4O2.ClH/c1-18-11(17)8-3-2-4-9(7-8)15-10-5-6-14-12(13)16-10;/h2-7H,1H3,(H3,13,14,15,16);1H. The fourth-order valence-corrected chi connectivity index (χ4v) is 1.43. The predicted octanol–water partition coefficient (Wildman–Crippen LogP) is 2.01. The van der Waals surface area contributed by atoms with Crippen LogP contribution in [0.25, 0.3) is 0 Å². The van der Waals surface area contributed by atoms with Crippen LogP contribution in [0.4, 0.5) is 17.5 Å². The molecule has 0 aliphatic carbocycles. The van der Waals surface area contributed by atoms with E-state index < -0.39 is 0 Å². The highest BCUT2D eigenvalue weighted by molar-refractivity contribution is 5.90. The first kappa shape index (κ1) is 14.7. The molecule has 3 N–H and O–H groups in total. The van der Waals surface area contributed by atoms with Crippen LogP contribution in [0, 0.1) is 0 Å². The van der Waals surface area contributed by atoms with E-state index in [1.165, 1.54) is 7.11 Å². The Kier molecular flexibility index (Phi) is 5.08. The van der Waals surface area contributed by atoms with Gasteiger partial charge in [0.05, 0.1) is 12.7 Å². The lowest BCUT2D eigenvalue weighted by atomic mass is 10.2. The van der Waals surface area contributed by atoms with E-state index in [-0.39, 0.29) is 24.3 Å². The van der Waals surface area contributed by atoms with Crippen LogP contribution >= 0.6 is 12.4 Å². The number of aromatic nitrogens is 2. The number of anilines is 3. The van der Waals surface area contributed by atoms with Crippen LogP contribution in [0.15, 0.2) is 36.5 Å².